The number of benzene rings is 1. The molecule has 1 aliphatic heterocycles. The van der Waals surface area contributed by atoms with Gasteiger partial charge in [-0.25, -0.2) is 0 Å². The van der Waals surface area contributed by atoms with E-state index in [4.69, 9.17) is 10.5 Å². The first kappa shape index (κ1) is 12.9. The van der Waals surface area contributed by atoms with E-state index in [0.29, 0.717) is 13.0 Å². The van der Waals surface area contributed by atoms with Gasteiger partial charge in [0.2, 0.25) is 5.91 Å². The maximum Gasteiger partial charge on any atom is 0.222 e. The molecule has 1 aromatic carbocycles. The first-order chi connectivity index (χ1) is 8.46. The normalized spacial score (nSPS) is 18.7. The van der Waals surface area contributed by atoms with E-state index in [1.165, 1.54) is 0 Å². The summed E-state index contributed by atoms with van der Waals surface area (Å²) in [6, 6.07) is 7.85. The van der Waals surface area contributed by atoms with Crippen molar-refractivity contribution in [3.8, 4) is 5.75 Å². The quantitative estimate of drug-likeness (QED) is 0.856. The van der Waals surface area contributed by atoms with Crippen LogP contribution < -0.4 is 15.8 Å². The van der Waals surface area contributed by atoms with Crippen LogP contribution in [0.25, 0.3) is 0 Å². The summed E-state index contributed by atoms with van der Waals surface area (Å²) in [6.07, 6.45) is 1.13. The van der Waals surface area contributed by atoms with Crippen LogP contribution in [0.15, 0.2) is 24.3 Å². The van der Waals surface area contributed by atoms with Crippen LogP contribution in [-0.4, -0.2) is 18.1 Å². The van der Waals surface area contributed by atoms with E-state index in [1.807, 2.05) is 38.1 Å². The van der Waals surface area contributed by atoms with Crippen molar-refractivity contribution < 1.29 is 9.53 Å². The third kappa shape index (κ3) is 3.23. The number of hydrogen-bond acceptors (Lipinski definition) is 3. The van der Waals surface area contributed by atoms with Crippen molar-refractivity contribution in [2.24, 2.45) is 5.73 Å². The predicted octanol–water partition coefficient (Wildman–Crippen LogP) is 1.75. The smallest absolute Gasteiger partial charge is 0.222 e. The van der Waals surface area contributed by atoms with Gasteiger partial charge >= 0.3 is 0 Å². The number of nitrogens with one attached hydrogen (secondary N) is 1. The minimum Gasteiger partial charge on any atom is -0.493 e. The Hall–Kier alpha value is -1.55. The first-order valence-corrected chi connectivity index (χ1v) is 6.26. The van der Waals surface area contributed by atoms with Gasteiger partial charge in [0.05, 0.1) is 12.6 Å². The van der Waals surface area contributed by atoms with E-state index in [1.54, 1.807) is 0 Å². The zero-order valence-corrected chi connectivity index (χ0v) is 10.9. The van der Waals surface area contributed by atoms with Gasteiger partial charge in [-0.05, 0) is 19.9 Å². The van der Waals surface area contributed by atoms with Gasteiger partial charge in [0.1, 0.15) is 5.75 Å². The molecule has 1 heterocycles. The van der Waals surface area contributed by atoms with E-state index in [9.17, 15) is 4.79 Å². The molecule has 0 saturated heterocycles. The molecular weight excluding hydrogens is 228 g/mol. The van der Waals surface area contributed by atoms with Gasteiger partial charge in [0, 0.05) is 23.9 Å². The van der Waals surface area contributed by atoms with Crippen molar-refractivity contribution >= 4 is 5.91 Å². The molecule has 1 atom stereocenters. The molecule has 1 amide bonds. The minimum atomic E-state index is -0.477. The second-order valence-corrected chi connectivity index (χ2v) is 5.46. The van der Waals surface area contributed by atoms with Gasteiger partial charge in [-0.15, -0.1) is 0 Å². The highest BCUT2D eigenvalue weighted by Gasteiger charge is 2.24. The van der Waals surface area contributed by atoms with Crippen LogP contribution in [0.4, 0.5) is 0 Å². The molecule has 4 heteroatoms. The number of fused-ring (bicyclic) bond motifs is 1. The van der Waals surface area contributed by atoms with Crippen LogP contribution >= 0.6 is 0 Å². The van der Waals surface area contributed by atoms with E-state index < -0.39 is 5.54 Å². The highest BCUT2D eigenvalue weighted by Crippen LogP contribution is 2.31. The third-order valence-electron chi connectivity index (χ3n) is 2.91. The van der Waals surface area contributed by atoms with Crippen molar-refractivity contribution in [3.05, 3.63) is 29.8 Å². The fraction of sp³-hybridized carbons (Fsp3) is 0.500. The van der Waals surface area contributed by atoms with Crippen molar-refractivity contribution in [3.63, 3.8) is 0 Å². The summed E-state index contributed by atoms with van der Waals surface area (Å²) in [7, 11) is 0. The summed E-state index contributed by atoms with van der Waals surface area (Å²) in [5.74, 6) is 0.852. The van der Waals surface area contributed by atoms with Gasteiger partial charge < -0.3 is 15.8 Å². The van der Waals surface area contributed by atoms with Crippen LogP contribution in [0.5, 0.6) is 5.75 Å². The Labute approximate surface area is 108 Å². The maximum atomic E-state index is 11.9. The summed E-state index contributed by atoms with van der Waals surface area (Å²) >= 11 is 0. The second-order valence-electron chi connectivity index (χ2n) is 5.46. The molecule has 0 saturated carbocycles. The van der Waals surface area contributed by atoms with Crippen LogP contribution in [-0.2, 0) is 4.79 Å². The number of carbonyl (C=O) groups excluding carboxylic acids is 1. The highest BCUT2D eigenvalue weighted by molar-refractivity contribution is 5.77. The summed E-state index contributed by atoms with van der Waals surface area (Å²) < 4.78 is 5.56. The van der Waals surface area contributed by atoms with Crippen LogP contribution in [0.3, 0.4) is 0 Å². The fourth-order valence-corrected chi connectivity index (χ4v) is 2.15. The van der Waals surface area contributed by atoms with Gasteiger partial charge in [-0.2, -0.15) is 0 Å². The molecular formula is C14H20N2O2. The number of carbonyl (C=O) groups is 1. The summed E-state index contributed by atoms with van der Waals surface area (Å²) in [4.78, 5) is 11.9. The van der Waals surface area contributed by atoms with Crippen LogP contribution in [0.2, 0.25) is 0 Å². The summed E-state index contributed by atoms with van der Waals surface area (Å²) in [5, 5.41) is 3.03. The topological polar surface area (TPSA) is 64.4 Å². The number of para-hydroxylation sites is 1. The molecule has 4 nitrogen and oxygen atoms in total. The molecule has 0 bridgehead atoms. The minimum absolute atomic E-state index is 0.01000. The average molecular weight is 248 g/mol. The molecule has 0 radical (unpaired) electrons. The Morgan fingerprint density at radius 3 is 2.94 bits per heavy atom. The molecule has 1 unspecified atom stereocenters. The van der Waals surface area contributed by atoms with Crippen molar-refractivity contribution in [2.75, 3.05) is 6.61 Å². The number of hydrogen-bond donors (Lipinski definition) is 2. The Morgan fingerprint density at radius 2 is 2.22 bits per heavy atom. The maximum absolute atomic E-state index is 11.9. The van der Waals surface area contributed by atoms with Gasteiger partial charge in [0.25, 0.3) is 0 Å². The Balaban J connectivity index is 2.05. The van der Waals surface area contributed by atoms with Gasteiger partial charge in [-0.3, -0.25) is 4.79 Å². The lowest BCUT2D eigenvalue weighted by Crippen LogP contribution is -2.41. The molecule has 0 aliphatic carbocycles. The molecule has 98 valence electrons. The fourth-order valence-electron chi connectivity index (χ4n) is 2.15. The lowest BCUT2D eigenvalue weighted by atomic mass is 9.98. The number of ether oxygens (including phenoxy) is 1. The predicted molar refractivity (Wildman–Crippen MR) is 70.3 cm³/mol. The SMILES string of the molecule is CC(C)(N)CC(=O)NC1CCOc2ccccc21. The number of nitrogens with two attached hydrogens (primary N) is 1. The summed E-state index contributed by atoms with van der Waals surface area (Å²) in [5.41, 5.74) is 6.42. The second kappa shape index (κ2) is 4.98. The first-order valence-electron chi connectivity index (χ1n) is 6.26. The molecule has 0 aromatic heterocycles. The summed E-state index contributed by atoms with van der Waals surface area (Å²) in [6.45, 7) is 4.34. The van der Waals surface area contributed by atoms with E-state index in [2.05, 4.69) is 5.32 Å². The lowest BCUT2D eigenvalue weighted by molar-refractivity contribution is -0.122. The average Bonchev–Trinajstić information content (AvgIpc) is 2.27. The highest BCUT2D eigenvalue weighted by atomic mass is 16.5. The van der Waals surface area contributed by atoms with Gasteiger partial charge in [0.15, 0.2) is 0 Å². The van der Waals surface area contributed by atoms with Crippen molar-refractivity contribution in [1.82, 2.24) is 5.32 Å². The molecule has 18 heavy (non-hydrogen) atoms. The molecule has 0 spiro atoms. The van der Waals surface area contributed by atoms with E-state index >= 15 is 0 Å². The van der Waals surface area contributed by atoms with E-state index in [-0.39, 0.29) is 11.9 Å². The Bertz CT molecular complexity index is 438. The molecule has 1 aromatic rings. The zero-order chi connectivity index (χ0) is 13.2. The van der Waals surface area contributed by atoms with Crippen molar-refractivity contribution in [2.45, 2.75) is 38.3 Å². The monoisotopic (exact) mass is 248 g/mol. The van der Waals surface area contributed by atoms with Crippen molar-refractivity contribution in [1.29, 1.82) is 0 Å². The largest absolute Gasteiger partial charge is 0.493 e. The molecule has 0 fully saturated rings. The van der Waals surface area contributed by atoms with E-state index in [0.717, 1.165) is 17.7 Å². The lowest BCUT2D eigenvalue weighted by Gasteiger charge is -2.27. The molecule has 2 rings (SSSR count). The van der Waals surface area contributed by atoms with Crippen LogP contribution in [0, 0.1) is 0 Å². The number of amides is 1. The third-order valence-corrected chi connectivity index (χ3v) is 2.91. The Morgan fingerprint density at radius 1 is 1.50 bits per heavy atom. The Kier molecular flexibility index (Phi) is 3.57. The number of rotatable bonds is 3. The molecule has 1 aliphatic rings. The zero-order valence-electron chi connectivity index (χ0n) is 10.9. The standard InChI is InChI=1S/C14H20N2O2/c1-14(2,15)9-13(17)16-11-7-8-18-12-6-4-3-5-10(11)12/h3-6,11H,7-9,15H2,1-2H3,(H,16,17). The van der Waals surface area contributed by atoms with Crippen LogP contribution in [0.1, 0.15) is 38.3 Å². The molecule has 3 N–H and O–H groups in total. The van der Waals surface area contributed by atoms with Gasteiger partial charge in [-0.1, -0.05) is 18.2 Å².